The molecule has 0 aliphatic heterocycles. The van der Waals surface area contributed by atoms with Crippen LogP contribution in [0.2, 0.25) is 0 Å². The van der Waals surface area contributed by atoms with Crippen molar-refractivity contribution in [3.63, 3.8) is 0 Å². The van der Waals surface area contributed by atoms with E-state index in [2.05, 4.69) is 0 Å². The first-order chi connectivity index (χ1) is 8.17. The van der Waals surface area contributed by atoms with Gasteiger partial charge in [-0.3, -0.25) is 4.79 Å². The summed E-state index contributed by atoms with van der Waals surface area (Å²) in [4.78, 5) is 11.1. The summed E-state index contributed by atoms with van der Waals surface area (Å²) in [6, 6.07) is 7.68. The van der Waals surface area contributed by atoms with Crippen molar-refractivity contribution in [1.82, 2.24) is 0 Å². The van der Waals surface area contributed by atoms with E-state index in [-0.39, 0.29) is 5.92 Å². The van der Waals surface area contributed by atoms with Gasteiger partial charge in [0.05, 0.1) is 12.5 Å². The molecule has 1 unspecified atom stereocenters. The van der Waals surface area contributed by atoms with Gasteiger partial charge in [0.2, 0.25) is 0 Å². The van der Waals surface area contributed by atoms with Gasteiger partial charge < -0.3 is 9.84 Å². The lowest BCUT2D eigenvalue weighted by Gasteiger charge is -2.12. The Morgan fingerprint density at radius 3 is 2.76 bits per heavy atom. The highest BCUT2D eigenvalue weighted by Gasteiger charge is 2.16. The van der Waals surface area contributed by atoms with Gasteiger partial charge in [0.25, 0.3) is 0 Å². The standard InChI is InChI=1S/C14H20O3/c1-3-6-12(14(15)16)9-11-7-5-8-13(10-11)17-4-2/h5,7-8,10,12H,3-4,6,9H2,1-2H3,(H,15,16). The highest BCUT2D eigenvalue weighted by Crippen LogP contribution is 2.19. The maximum Gasteiger partial charge on any atom is 0.306 e. The quantitative estimate of drug-likeness (QED) is 0.791. The molecule has 0 radical (unpaired) electrons. The Kier molecular flexibility index (Phi) is 5.53. The second-order valence-corrected chi connectivity index (χ2v) is 4.11. The molecule has 3 heteroatoms. The molecule has 0 aliphatic rings. The van der Waals surface area contributed by atoms with Crippen molar-refractivity contribution < 1.29 is 14.6 Å². The minimum absolute atomic E-state index is 0.295. The molecule has 1 rings (SSSR count). The minimum Gasteiger partial charge on any atom is -0.494 e. The monoisotopic (exact) mass is 236 g/mol. The number of carboxylic acid groups (broad SMARTS) is 1. The molecule has 1 atom stereocenters. The van der Waals surface area contributed by atoms with Crippen LogP contribution in [0.15, 0.2) is 24.3 Å². The summed E-state index contributed by atoms with van der Waals surface area (Å²) in [5.74, 6) is -0.198. The Morgan fingerprint density at radius 1 is 1.41 bits per heavy atom. The maximum atomic E-state index is 11.1. The van der Waals surface area contributed by atoms with Crippen molar-refractivity contribution in [2.75, 3.05) is 6.61 Å². The van der Waals surface area contributed by atoms with E-state index < -0.39 is 5.97 Å². The molecule has 17 heavy (non-hydrogen) atoms. The Balaban J connectivity index is 2.71. The molecule has 3 nitrogen and oxygen atoms in total. The number of hydrogen-bond donors (Lipinski definition) is 1. The summed E-state index contributed by atoms with van der Waals surface area (Å²) >= 11 is 0. The lowest BCUT2D eigenvalue weighted by atomic mass is 9.95. The molecule has 1 aromatic carbocycles. The summed E-state index contributed by atoms with van der Waals surface area (Å²) in [6.07, 6.45) is 2.18. The van der Waals surface area contributed by atoms with Gasteiger partial charge in [-0.2, -0.15) is 0 Å². The number of hydrogen-bond acceptors (Lipinski definition) is 2. The average molecular weight is 236 g/mol. The zero-order valence-corrected chi connectivity index (χ0v) is 10.5. The molecule has 0 amide bonds. The van der Waals surface area contributed by atoms with Gasteiger partial charge in [-0.05, 0) is 37.5 Å². The number of carboxylic acids is 1. The van der Waals surface area contributed by atoms with E-state index in [0.29, 0.717) is 19.4 Å². The van der Waals surface area contributed by atoms with Gasteiger partial charge in [0.1, 0.15) is 5.75 Å². The third-order valence-corrected chi connectivity index (χ3v) is 2.68. The predicted molar refractivity (Wildman–Crippen MR) is 67.3 cm³/mol. The fourth-order valence-corrected chi connectivity index (χ4v) is 1.87. The van der Waals surface area contributed by atoms with Gasteiger partial charge >= 0.3 is 5.97 Å². The molecule has 0 saturated heterocycles. The summed E-state index contributed by atoms with van der Waals surface area (Å²) < 4.78 is 5.40. The first kappa shape index (κ1) is 13.6. The number of aliphatic carboxylic acids is 1. The SMILES string of the molecule is CCCC(Cc1cccc(OCC)c1)C(=O)O. The first-order valence-electron chi connectivity index (χ1n) is 6.11. The normalized spacial score (nSPS) is 12.1. The lowest BCUT2D eigenvalue weighted by molar-refractivity contribution is -0.141. The Morgan fingerprint density at radius 2 is 2.18 bits per heavy atom. The molecule has 0 aliphatic carbocycles. The molecule has 0 aromatic heterocycles. The zero-order chi connectivity index (χ0) is 12.7. The fraction of sp³-hybridized carbons (Fsp3) is 0.500. The van der Waals surface area contributed by atoms with Crippen molar-refractivity contribution in [2.45, 2.75) is 33.1 Å². The molecule has 0 bridgehead atoms. The fourth-order valence-electron chi connectivity index (χ4n) is 1.87. The highest BCUT2D eigenvalue weighted by molar-refractivity contribution is 5.70. The van der Waals surface area contributed by atoms with Gasteiger partial charge in [0.15, 0.2) is 0 Å². The van der Waals surface area contributed by atoms with Crippen LogP contribution in [-0.4, -0.2) is 17.7 Å². The molecule has 0 spiro atoms. The first-order valence-corrected chi connectivity index (χ1v) is 6.11. The van der Waals surface area contributed by atoms with Crippen LogP contribution in [0.1, 0.15) is 32.3 Å². The van der Waals surface area contributed by atoms with Crippen LogP contribution in [0.5, 0.6) is 5.75 Å². The second-order valence-electron chi connectivity index (χ2n) is 4.11. The lowest BCUT2D eigenvalue weighted by Crippen LogP contribution is -2.16. The van der Waals surface area contributed by atoms with Crippen LogP contribution in [-0.2, 0) is 11.2 Å². The Labute approximate surface area is 102 Å². The maximum absolute atomic E-state index is 11.1. The minimum atomic E-state index is -0.714. The Hall–Kier alpha value is -1.51. The zero-order valence-electron chi connectivity index (χ0n) is 10.5. The van der Waals surface area contributed by atoms with Crippen LogP contribution >= 0.6 is 0 Å². The topological polar surface area (TPSA) is 46.5 Å². The van der Waals surface area contributed by atoms with Crippen molar-refractivity contribution >= 4 is 5.97 Å². The third kappa shape index (κ3) is 4.47. The van der Waals surface area contributed by atoms with E-state index in [9.17, 15) is 4.79 Å². The summed E-state index contributed by atoms with van der Waals surface area (Å²) in [5, 5.41) is 9.11. The second kappa shape index (κ2) is 6.94. The summed E-state index contributed by atoms with van der Waals surface area (Å²) in [6.45, 7) is 4.57. The highest BCUT2D eigenvalue weighted by atomic mass is 16.5. The van der Waals surface area contributed by atoms with E-state index in [1.54, 1.807) is 0 Å². The van der Waals surface area contributed by atoms with Gasteiger partial charge in [0, 0.05) is 0 Å². The molecule has 0 saturated carbocycles. The van der Waals surface area contributed by atoms with E-state index in [4.69, 9.17) is 9.84 Å². The van der Waals surface area contributed by atoms with Gasteiger partial charge in [-0.25, -0.2) is 0 Å². The van der Waals surface area contributed by atoms with Gasteiger partial charge in [-0.15, -0.1) is 0 Å². The molecule has 0 fully saturated rings. The molecular formula is C14H20O3. The van der Waals surface area contributed by atoms with E-state index >= 15 is 0 Å². The third-order valence-electron chi connectivity index (χ3n) is 2.68. The van der Waals surface area contributed by atoms with Crippen LogP contribution in [0.3, 0.4) is 0 Å². The van der Waals surface area contributed by atoms with Crippen LogP contribution in [0.25, 0.3) is 0 Å². The number of benzene rings is 1. The average Bonchev–Trinajstić information content (AvgIpc) is 2.29. The van der Waals surface area contributed by atoms with E-state index in [1.165, 1.54) is 0 Å². The largest absolute Gasteiger partial charge is 0.494 e. The molecule has 0 heterocycles. The van der Waals surface area contributed by atoms with Gasteiger partial charge in [-0.1, -0.05) is 25.5 Å². The summed E-state index contributed by atoms with van der Waals surface area (Å²) in [7, 11) is 0. The van der Waals surface area contributed by atoms with Crippen molar-refractivity contribution in [2.24, 2.45) is 5.92 Å². The molecular weight excluding hydrogens is 216 g/mol. The number of carbonyl (C=O) groups is 1. The van der Waals surface area contributed by atoms with Crippen molar-refractivity contribution in [3.05, 3.63) is 29.8 Å². The van der Waals surface area contributed by atoms with Crippen LogP contribution < -0.4 is 4.74 Å². The predicted octanol–water partition coefficient (Wildman–Crippen LogP) is 3.13. The molecule has 94 valence electrons. The molecule has 1 aromatic rings. The number of rotatable bonds is 7. The molecule has 1 N–H and O–H groups in total. The van der Waals surface area contributed by atoms with Crippen LogP contribution in [0.4, 0.5) is 0 Å². The van der Waals surface area contributed by atoms with Crippen LogP contribution in [0, 0.1) is 5.92 Å². The smallest absolute Gasteiger partial charge is 0.306 e. The van der Waals surface area contributed by atoms with Crippen molar-refractivity contribution in [1.29, 1.82) is 0 Å². The van der Waals surface area contributed by atoms with E-state index in [0.717, 1.165) is 17.7 Å². The van der Waals surface area contributed by atoms with E-state index in [1.807, 2.05) is 38.1 Å². The van der Waals surface area contributed by atoms with Crippen molar-refractivity contribution in [3.8, 4) is 5.75 Å². The summed E-state index contributed by atoms with van der Waals surface area (Å²) in [5.41, 5.74) is 1.02. The number of ether oxygens (including phenoxy) is 1. The Bertz CT molecular complexity index is 360.